The Morgan fingerprint density at radius 2 is 0.875 bits per heavy atom. The van der Waals surface area contributed by atoms with Gasteiger partial charge in [0.1, 0.15) is 0 Å². The van der Waals surface area contributed by atoms with Crippen molar-refractivity contribution in [3.05, 3.63) is 58.3 Å². The average Bonchev–Trinajstić information content (AvgIpc) is 3.87. The third-order valence-electron chi connectivity index (χ3n) is 9.94. The monoisotopic (exact) mass is 746 g/mol. The Balaban J connectivity index is 1.05. The topological polar surface area (TPSA) is 0 Å². The summed E-state index contributed by atoms with van der Waals surface area (Å²) in [7, 11) is 0. The molecular formula is C42H50S6. The molecule has 0 aliphatic heterocycles. The molecule has 0 fully saturated rings. The minimum Gasteiger partial charge on any atom is -0.139 e. The molecule has 0 amide bonds. The summed E-state index contributed by atoms with van der Waals surface area (Å²) in [6.45, 7) is 14.3. The van der Waals surface area contributed by atoms with Crippen LogP contribution in [0.15, 0.2) is 48.5 Å². The fraction of sp³-hybridized carbons (Fsp3) is 0.476. The molecule has 0 saturated heterocycles. The van der Waals surface area contributed by atoms with E-state index in [9.17, 15) is 0 Å². The lowest BCUT2D eigenvalue weighted by Gasteiger charge is -2.11. The van der Waals surface area contributed by atoms with Crippen molar-refractivity contribution in [1.29, 1.82) is 0 Å². The second-order valence-electron chi connectivity index (χ2n) is 15.1. The van der Waals surface area contributed by atoms with Crippen molar-refractivity contribution in [3.63, 3.8) is 0 Å². The van der Waals surface area contributed by atoms with E-state index in [2.05, 4.69) is 90.1 Å². The highest BCUT2D eigenvalue weighted by molar-refractivity contribution is 7.36. The highest BCUT2D eigenvalue weighted by Gasteiger charge is 2.18. The Bertz CT molecular complexity index is 1950. The van der Waals surface area contributed by atoms with E-state index >= 15 is 0 Å². The van der Waals surface area contributed by atoms with Gasteiger partial charge < -0.3 is 0 Å². The maximum Gasteiger partial charge on any atom is 0.0536 e. The standard InChI is InChI=1S/C42H50S6/c1-25(2)9-7-11-27(5)13-15-29-17-19-33(43-29)37-23-39-41(47-37)31-21-32-36(22-35(31)45-39)46-40-24-38(48-42(32)40)34-20-18-30(44-34)16-14-28(6)12-8-10-26(3)4/h17-28H,7-16H2,1-6H3. The molecule has 7 rings (SSSR count). The van der Waals surface area contributed by atoms with E-state index in [-0.39, 0.29) is 0 Å². The Morgan fingerprint density at radius 1 is 0.417 bits per heavy atom. The number of hydrogen-bond acceptors (Lipinski definition) is 6. The molecule has 7 aromatic rings. The van der Waals surface area contributed by atoms with Crippen LogP contribution in [-0.4, -0.2) is 0 Å². The number of rotatable bonds is 16. The summed E-state index contributed by atoms with van der Waals surface area (Å²) in [5.74, 6) is 3.29. The fourth-order valence-electron chi connectivity index (χ4n) is 6.94. The van der Waals surface area contributed by atoms with E-state index in [1.165, 1.54) is 123 Å². The summed E-state index contributed by atoms with van der Waals surface area (Å²) >= 11 is 12.0. The van der Waals surface area contributed by atoms with Gasteiger partial charge in [0, 0.05) is 58.8 Å². The highest BCUT2D eigenvalue weighted by Crippen LogP contribution is 2.49. The molecule has 2 atom stereocenters. The normalized spacial score (nSPS) is 13.8. The van der Waals surface area contributed by atoms with Crippen LogP contribution in [-0.2, 0) is 12.8 Å². The molecule has 0 N–H and O–H groups in total. The van der Waals surface area contributed by atoms with Crippen molar-refractivity contribution in [2.24, 2.45) is 23.7 Å². The molecule has 6 heterocycles. The van der Waals surface area contributed by atoms with Gasteiger partial charge in [0.05, 0.1) is 9.40 Å². The van der Waals surface area contributed by atoms with Crippen molar-refractivity contribution in [2.75, 3.05) is 0 Å². The van der Waals surface area contributed by atoms with E-state index < -0.39 is 0 Å². The number of hydrogen-bond donors (Lipinski definition) is 0. The molecule has 6 heteroatoms. The summed E-state index contributed by atoms with van der Waals surface area (Å²) in [6, 6.07) is 19.4. The minimum atomic E-state index is 0.818. The third-order valence-corrected chi connectivity index (χ3v) is 17.4. The van der Waals surface area contributed by atoms with Crippen LogP contribution in [0.25, 0.3) is 58.5 Å². The van der Waals surface area contributed by atoms with Crippen molar-refractivity contribution in [1.82, 2.24) is 0 Å². The SMILES string of the molecule is CC(C)CCCC(C)CCc1ccc(-c2cc3sc4cc5sc6cc(-c7ccc(CCC(C)CCCC(C)C)s7)sc6c5cc4c3s2)s1. The van der Waals surface area contributed by atoms with E-state index in [1.54, 1.807) is 9.75 Å². The molecule has 0 bridgehead atoms. The summed E-state index contributed by atoms with van der Waals surface area (Å²) in [6.07, 6.45) is 13.3. The average molecular weight is 747 g/mol. The Kier molecular flexibility index (Phi) is 11.2. The number of benzene rings is 1. The van der Waals surface area contributed by atoms with Gasteiger partial charge in [0.15, 0.2) is 0 Å². The summed E-state index contributed by atoms with van der Waals surface area (Å²) in [4.78, 5) is 8.85. The van der Waals surface area contributed by atoms with E-state index in [0.717, 1.165) is 23.7 Å². The number of thiophene rings is 6. The molecule has 2 unspecified atom stereocenters. The zero-order valence-electron chi connectivity index (χ0n) is 29.4. The molecule has 48 heavy (non-hydrogen) atoms. The fourth-order valence-corrected chi connectivity index (χ4v) is 14.3. The lowest BCUT2D eigenvalue weighted by molar-refractivity contribution is 0.437. The molecule has 254 valence electrons. The smallest absolute Gasteiger partial charge is 0.0536 e. The molecule has 1 aromatic carbocycles. The zero-order valence-corrected chi connectivity index (χ0v) is 34.3. The van der Waals surface area contributed by atoms with E-state index in [1.807, 2.05) is 68.0 Å². The van der Waals surface area contributed by atoms with Gasteiger partial charge in [-0.3, -0.25) is 0 Å². The number of fused-ring (bicyclic) bond motifs is 6. The van der Waals surface area contributed by atoms with E-state index in [4.69, 9.17) is 0 Å². The van der Waals surface area contributed by atoms with Crippen molar-refractivity contribution in [3.8, 4) is 19.5 Å². The van der Waals surface area contributed by atoms with E-state index in [0.29, 0.717) is 0 Å². The Labute approximate surface area is 311 Å². The van der Waals surface area contributed by atoms with Gasteiger partial charge >= 0.3 is 0 Å². The second kappa shape index (κ2) is 15.4. The van der Waals surface area contributed by atoms with Crippen LogP contribution in [0.2, 0.25) is 0 Å². The molecule has 0 saturated carbocycles. The molecule has 0 nitrogen and oxygen atoms in total. The molecule has 0 aliphatic carbocycles. The van der Waals surface area contributed by atoms with Gasteiger partial charge in [-0.15, -0.1) is 68.0 Å². The predicted molar refractivity (Wildman–Crippen MR) is 227 cm³/mol. The van der Waals surface area contributed by atoms with Crippen LogP contribution < -0.4 is 0 Å². The van der Waals surface area contributed by atoms with Crippen LogP contribution in [0, 0.1) is 23.7 Å². The van der Waals surface area contributed by atoms with Crippen LogP contribution in [0.4, 0.5) is 0 Å². The summed E-state index contributed by atoms with van der Waals surface area (Å²) in [5, 5.41) is 2.89. The Hall–Kier alpha value is -1.54. The van der Waals surface area contributed by atoms with Crippen LogP contribution in [0.3, 0.4) is 0 Å². The number of aryl methyl sites for hydroxylation is 2. The predicted octanol–water partition coefficient (Wildman–Crippen LogP) is 16.8. The maximum atomic E-state index is 2.52. The van der Waals surface area contributed by atoms with Gasteiger partial charge in [-0.25, -0.2) is 0 Å². The molecule has 6 aromatic heterocycles. The molecule has 0 aliphatic rings. The first-order valence-corrected chi connectivity index (χ1v) is 23.1. The highest BCUT2D eigenvalue weighted by atomic mass is 32.1. The van der Waals surface area contributed by atoms with Crippen LogP contribution in [0.5, 0.6) is 0 Å². The van der Waals surface area contributed by atoms with Gasteiger partial charge in [-0.1, -0.05) is 80.1 Å². The van der Waals surface area contributed by atoms with Crippen LogP contribution in [0.1, 0.15) is 103 Å². The largest absolute Gasteiger partial charge is 0.139 e. The van der Waals surface area contributed by atoms with Crippen LogP contribution >= 0.6 is 68.0 Å². The van der Waals surface area contributed by atoms with Gasteiger partial charge in [-0.2, -0.15) is 0 Å². The first kappa shape index (κ1) is 34.9. The third kappa shape index (κ3) is 8.00. The van der Waals surface area contributed by atoms with Gasteiger partial charge in [0.2, 0.25) is 0 Å². The second-order valence-corrected chi connectivity index (χ2v) is 21.7. The minimum absolute atomic E-state index is 0.818. The molecular weight excluding hydrogens is 697 g/mol. The maximum absolute atomic E-state index is 2.52. The summed E-state index contributed by atoms with van der Waals surface area (Å²) in [5.41, 5.74) is 0. The summed E-state index contributed by atoms with van der Waals surface area (Å²) < 4.78 is 8.70. The van der Waals surface area contributed by atoms with Gasteiger partial charge in [-0.05, 0) is 97.9 Å². The lowest BCUT2D eigenvalue weighted by Crippen LogP contribution is -1.98. The van der Waals surface area contributed by atoms with Gasteiger partial charge in [0.25, 0.3) is 0 Å². The molecule has 0 spiro atoms. The van der Waals surface area contributed by atoms with Crippen molar-refractivity contribution >= 4 is 107 Å². The quantitative estimate of drug-likeness (QED) is 0.0924. The van der Waals surface area contributed by atoms with Crippen molar-refractivity contribution in [2.45, 2.75) is 106 Å². The first-order valence-electron chi connectivity index (χ1n) is 18.2. The van der Waals surface area contributed by atoms with Crippen molar-refractivity contribution < 1.29 is 0 Å². The first-order chi connectivity index (χ1) is 23.2. The lowest BCUT2D eigenvalue weighted by atomic mass is 9.96. The molecule has 0 radical (unpaired) electrons. The zero-order chi connectivity index (χ0) is 33.4. The Morgan fingerprint density at radius 3 is 1.31 bits per heavy atom.